The van der Waals surface area contributed by atoms with Crippen LogP contribution in [0, 0.1) is 0 Å². The molecule has 0 radical (unpaired) electrons. The molecule has 0 unspecified atom stereocenters. The van der Waals surface area contributed by atoms with E-state index in [-0.39, 0.29) is 99.5 Å². The molecular formula is C32H52Ca2O8. The van der Waals surface area contributed by atoms with Gasteiger partial charge in [0.2, 0.25) is 0 Å². The van der Waals surface area contributed by atoms with Crippen molar-refractivity contribution in [3.63, 3.8) is 0 Å². The van der Waals surface area contributed by atoms with Crippen LogP contribution in [0.15, 0.2) is 23.3 Å². The topological polar surface area (TPSA) is 161 Å². The van der Waals surface area contributed by atoms with Crippen LogP contribution in [-0.4, -0.2) is 99.4 Å². The van der Waals surface area contributed by atoms with Crippen molar-refractivity contribution in [2.75, 3.05) is 0 Å². The minimum atomic E-state index is -1.48. The number of rotatable bonds is 26. The van der Waals surface area contributed by atoms with Gasteiger partial charge in [-0.3, -0.25) is 0 Å². The molecule has 0 bridgehead atoms. The fraction of sp³-hybridized carbons (Fsp3) is 0.750. The van der Waals surface area contributed by atoms with Crippen LogP contribution in [0.5, 0.6) is 0 Å². The zero-order chi connectivity index (χ0) is 30.4. The van der Waals surface area contributed by atoms with Crippen molar-refractivity contribution in [3.8, 4) is 0 Å². The molecule has 0 N–H and O–H groups in total. The van der Waals surface area contributed by atoms with Gasteiger partial charge in [-0.2, -0.15) is 0 Å². The second-order valence-electron chi connectivity index (χ2n) is 10.4. The first-order valence-electron chi connectivity index (χ1n) is 15.4. The van der Waals surface area contributed by atoms with Crippen LogP contribution in [0.25, 0.3) is 0 Å². The van der Waals surface area contributed by atoms with Crippen molar-refractivity contribution in [2.24, 2.45) is 0 Å². The summed E-state index contributed by atoms with van der Waals surface area (Å²) in [6.45, 7) is 4.41. The standard InChI is InChI=1S/2C16H28O4.2Ca/c2*1-2-3-4-5-6-7-8-9-10-11-12-14(16(19)20)13-15(17)18;;/h2*13H,2-12H2,1H3,(H,17,18)(H,19,20);;/q;;2*+2/p-4/b2*14-13-;;. The number of hydrogen-bond acceptors (Lipinski definition) is 8. The number of carboxylic acid groups (broad SMARTS) is 4. The molecule has 0 aliphatic carbocycles. The summed E-state index contributed by atoms with van der Waals surface area (Å²) in [6, 6.07) is 0. The third-order valence-corrected chi connectivity index (χ3v) is 6.71. The predicted octanol–water partition coefficient (Wildman–Crippen LogP) is 2.69. The molecule has 0 aromatic heterocycles. The Bertz CT molecular complexity index is 689. The van der Waals surface area contributed by atoms with Gasteiger partial charge in [-0.05, 0) is 49.0 Å². The Kier molecular flexibility index (Phi) is 43.0. The zero-order valence-electron chi connectivity index (χ0n) is 26.4. The minimum Gasteiger partial charge on any atom is -0.545 e. The molecule has 0 aromatic rings. The van der Waals surface area contributed by atoms with E-state index in [4.69, 9.17) is 0 Å². The fourth-order valence-electron chi connectivity index (χ4n) is 4.36. The molecule has 8 nitrogen and oxygen atoms in total. The molecule has 0 spiro atoms. The molecule has 0 saturated carbocycles. The van der Waals surface area contributed by atoms with Crippen LogP contribution < -0.4 is 20.4 Å². The van der Waals surface area contributed by atoms with Gasteiger partial charge in [0.25, 0.3) is 0 Å². The predicted molar refractivity (Wildman–Crippen MR) is 161 cm³/mol. The van der Waals surface area contributed by atoms with Gasteiger partial charge in [-0.1, -0.05) is 129 Å². The van der Waals surface area contributed by atoms with E-state index in [0.29, 0.717) is 25.0 Å². The summed E-state index contributed by atoms with van der Waals surface area (Å²) >= 11 is 0. The summed E-state index contributed by atoms with van der Waals surface area (Å²) in [5.41, 5.74) is -0.353. The van der Waals surface area contributed by atoms with Gasteiger partial charge < -0.3 is 39.6 Å². The minimum absolute atomic E-state index is 0. The van der Waals surface area contributed by atoms with E-state index in [2.05, 4.69) is 13.8 Å². The maximum atomic E-state index is 10.7. The molecule has 42 heavy (non-hydrogen) atoms. The number of hydrogen-bond donors (Lipinski definition) is 0. The van der Waals surface area contributed by atoms with E-state index < -0.39 is 23.9 Å². The maximum Gasteiger partial charge on any atom is 2.00 e. The van der Waals surface area contributed by atoms with Gasteiger partial charge >= 0.3 is 75.5 Å². The van der Waals surface area contributed by atoms with E-state index >= 15 is 0 Å². The van der Waals surface area contributed by atoms with Crippen LogP contribution in [0.1, 0.15) is 155 Å². The SMILES string of the molecule is CCCCCCCCCCCC/C(=C/C(=O)[O-])C(=O)[O-].CCCCCCCCCCCC/C(=C/C(=O)[O-])C(=O)[O-].[Ca+2].[Ca+2]. The Morgan fingerprint density at radius 1 is 0.405 bits per heavy atom. The Balaban J connectivity index is -0.000000328. The van der Waals surface area contributed by atoms with E-state index in [9.17, 15) is 39.6 Å². The summed E-state index contributed by atoms with van der Waals surface area (Å²) in [4.78, 5) is 41.9. The van der Waals surface area contributed by atoms with Crippen molar-refractivity contribution >= 4 is 99.4 Å². The second-order valence-corrected chi connectivity index (χ2v) is 10.4. The van der Waals surface area contributed by atoms with Crippen LogP contribution in [-0.2, 0) is 19.2 Å². The molecule has 0 aromatic carbocycles. The van der Waals surface area contributed by atoms with Crippen molar-refractivity contribution in [1.82, 2.24) is 0 Å². The first-order valence-corrected chi connectivity index (χ1v) is 15.4. The van der Waals surface area contributed by atoms with Gasteiger partial charge in [-0.15, -0.1) is 0 Å². The first-order chi connectivity index (χ1) is 19.1. The van der Waals surface area contributed by atoms with Crippen LogP contribution in [0.2, 0.25) is 0 Å². The fourth-order valence-corrected chi connectivity index (χ4v) is 4.36. The normalized spacial score (nSPS) is 11.0. The van der Waals surface area contributed by atoms with Crippen molar-refractivity contribution in [3.05, 3.63) is 23.3 Å². The molecule has 232 valence electrons. The van der Waals surface area contributed by atoms with E-state index in [1.54, 1.807) is 0 Å². The molecule has 0 fully saturated rings. The van der Waals surface area contributed by atoms with E-state index in [1.807, 2.05) is 0 Å². The maximum absolute atomic E-state index is 10.7. The number of aliphatic carboxylic acids is 4. The number of carboxylic acids is 4. The molecule has 0 heterocycles. The molecule has 0 saturated heterocycles. The zero-order valence-corrected chi connectivity index (χ0v) is 30.8. The Labute approximate surface area is 314 Å². The summed E-state index contributed by atoms with van der Waals surface area (Å²) in [5, 5.41) is 41.9. The summed E-state index contributed by atoms with van der Waals surface area (Å²) in [6.07, 6.45) is 24.8. The van der Waals surface area contributed by atoms with E-state index in [0.717, 1.165) is 38.5 Å². The Hall–Kier alpha value is -0.121. The number of carbonyl (C=O) groups excluding carboxylic acids is 4. The quantitative estimate of drug-likeness (QED) is 0.0789. The summed E-state index contributed by atoms with van der Waals surface area (Å²) in [7, 11) is 0. The molecule has 0 atom stereocenters. The summed E-state index contributed by atoms with van der Waals surface area (Å²) < 4.78 is 0. The van der Waals surface area contributed by atoms with Crippen LogP contribution in [0.3, 0.4) is 0 Å². The van der Waals surface area contributed by atoms with Gasteiger partial charge in [0, 0.05) is 0 Å². The van der Waals surface area contributed by atoms with Gasteiger partial charge in [-0.25, -0.2) is 0 Å². The molecule has 0 aliphatic heterocycles. The third-order valence-electron chi connectivity index (χ3n) is 6.71. The second kappa shape index (κ2) is 37.1. The number of carbonyl (C=O) groups is 4. The monoisotopic (exact) mass is 644 g/mol. The average molecular weight is 645 g/mol. The molecule has 10 heteroatoms. The van der Waals surface area contributed by atoms with Crippen LogP contribution >= 0.6 is 0 Å². The van der Waals surface area contributed by atoms with Crippen molar-refractivity contribution in [1.29, 1.82) is 0 Å². The average Bonchev–Trinajstić information content (AvgIpc) is 2.89. The van der Waals surface area contributed by atoms with Gasteiger partial charge in [0.15, 0.2) is 0 Å². The summed E-state index contributed by atoms with van der Waals surface area (Å²) in [5.74, 6) is -5.78. The van der Waals surface area contributed by atoms with E-state index in [1.165, 1.54) is 77.0 Å². The largest absolute Gasteiger partial charge is 2.00 e. The molecule has 0 rings (SSSR count). The van der Waals surface area contributed by atoms with Crippen molar-refractivity contribution < 1.29 is 39.6 Å². The molecule has 0 amide bonds. The Morgan fingerprint density at radius 2 is 0.619 bits per heavy atom. The van der Waals surface area contributed by atoms with Crippen molar-refractivity contribution in [2.45, 2.75) is 155 Å². The third kappa shape index (κ3) is 37.9. The van der Waals surface area contributed by atoms with Gasteiger partial charge in [0.1, 0.15) is 0 Å². The molecule has 0 aliphatic rings. The smallest absolute Gasteiger partial charge is 0.545 e. The Morgan fingerprint density at radius 3 is 0.810 bits per heavy atom. The first kappa shape index (κ1) is 48.8. The molecular weight excluding hydrogens is 593 g/mol. The van der Waals surface area contributed by atoms with Crippen LogP contribution in [0.4, 0.5) is 0 Å². The van der Waals surface area contributed by atoms with Gasteiger partial charge in [0.05, 0.1) is 23.9 Å². The number of unbranched alkanes of at least 4 members (excludes halogenated alkanes) is 18.